The summed E-state index contributed by atoms with van der Waals surface area (Å²) in [5, 5.41) is 9.67. The van der Waals surface area contributed by atoms with Crippen molar-refractivity contribution in [3.05, 3.63) is 53.2 Å². The fourth-order valence-corrected chi connectivity index (χ4v) is 2.47. The van der Waals surface area contributed by atoms with E-state index in [4.69, 9.17) is 0 Å². The van der Waals surface area contributed by atoms with Crippen LogP contribution in [0.1, 0.15) is 0 Å². The molecule has 66 valence electrons. The minimum absolute atomic E-state index is 1.32. The smallest absolute Gasteiger partial charge is 0.0616 e. The van der Waals surface area contributed by atoms with Crippen LogP contribution in [0.2, 0.25) is 0 Å². The van der Waals surface area contributed by atoms with Gasteiger partial charge in [0.05, 0.1) is 0 Å². The van der Waals surface area contributed by atoms with Crippen molar-refractivity contribution in [1.82, 2.24) is 0 Å². The second kappa shape index (κ2) is 3.03. The predicted molar refractivity (Wildman–Crippen MR) is 63.7 cm³/mol. The first-order valence-electron chi connectivity index (χ1n) is 4.62. The van der Waals surface area contributed by atoms with Crippen molar-refractivity contribution in [3.63, 3.8) is 0 Å². The molecule has 0 radical (unpaired) electrons. The first-order chi connectivity index (χ1) is 6.95. The van der Waals surface area contributed by atoms with Gasteiger partial charge in [0.15, 0.2) is 5.38 Å². The molecule has 14 heavy (non-hydrogen) atoms. The Kier molecular flexibility index (Phi) is 1.71. The molecule has 0 nitrogen and oxygen atoms in total. The van der Waals surface area contributed by atoms with E-state index in [9.17, 15) is 0 Å². The van der Waals surface area contributed by atoms with E-state index in [1.165, 1.54) is 21.5 Å². The summed E-state index contributed by atoms with van der Waals surface area (Å²) >= 11 is 1.74. The van der Waals surface area contributed by atoms with E-state index in [-0.39, 0.29) is 0 Å². The van der Waals surface area contributed by atoms with Crippen LogP contribution in [0.4, 0.5) is 0 Å². The number of fused-ring (bicyclic) bond motifs is 3. The average molecular weight is 197 g/mol. The number of rotatable bonds is 0. The molecule has 0 fully saturated rings. The standard InChI is InChI=1S/C13H9S/c1-2-4-12-10(3-1)5-6-11-9-14-8-7-13(11)12/h1-9H/q+1. The molecule has 3 aromatic rings. The van der Waals surface area contributed by atoms with Gasteiger partial charge in [-0.3, -0.25) is 0 Å². The highest BCUT2D eigenvalue weighted by molar-refractivity contribution is 7.08. The highest BCUT2D eigenvalue weighted by Gasteiger charge is 2.01. The SMILES string of the molecule is c1ccc2c(c1)ccc1c[s+]ccc12. The molecule has 2 aromatic carbocycles. The van der Waals surface area contributed by atoms with Crippen LogP contribution < -0.4 is 0 Å². The van der Waals surface area contributed by atoms with E-state index in [1.54, 1.807) is 11.3 Å². The van der Waals surface area contributed by atoms with Gasteiger partial charge in [-0.25, -0.2) is 0 Å². The predicted octanol–water partition coefficient (Wildman–Crippen LogP) is 4.34. The molecule has 0 bridgehead atoms. The normalized spacial score (nSPS) is 10.9. The van der Waals surface area contributed by atoms with Crippen LogP contribution in [-0.2, 0) is 0 Å². The zero-order valence-corrected chi connectivity index (χ0v) is 8.42. The Hall–Kier alpha value is -1.47. The van der Waals surface area contributed by atoms with Gasteiger partial charge in [0.25, 0.3) is 0 Å². The first-order valence-corrected chi connectivity index (χ1v) is 5.56. The van der Waals surface area contributed by atoms with Crippen LogP contribution in [0.5, 0.6) is 0 Å². The molecule has 0 unspecified atom stereocenters. The van der Waals surface area contributed by atoms with E-state index in [0.29, 0.717) is 0 Å². The lowest BCUT2D eigenvalue weighted by Crippen LogP contribution is -1.74. The summed E-state index contributed by atoms with van der Waals surface area (Å²) < 4.78 is 0. The van der Waals surface area contributed by atoms with Gasteiger partial charge >= 0.3 is 0 Å². The zero-order valence-electron chi connectivity index (χ0n) is 7.60. The first kappa shape index (κ1) is 7.89. The third-order valence-corrected chi connectivity index (χ3v) is 3.20. The molecule has 1 aromatic heterocycles. The summed E-state index contributed by atoms with van der Waals surface area (Å²) in [6.45, 7) is 0. The Bertz CT molecular complexity index is 544. The van der Waals surface area contributed by atoms with Crippen molar-refractivity contribution in [3.8, 4) is 0 Å². The molecule has 0 amide bonds. The van der Waals surface area contributed by atoms with Crippen molar-refractivity contribution in [2.24, 2.45) is 0 Å². The second-order valence-electron chi connectivity index (χ2n) is 3.35. The Balaban J connectivity index is 2.61. The minimum atomic E-state index is 1.32. The van der Waals surface area contributed by atoms with Crippen molar-refractivity contribution in [1.29, 1.82) is 0 Å². The Labute approximate surface area is 86.4 Å². The Morgan fingerprint density at radius 3 is 2.50 bits per heavy atom. The van der Waals surface area contributed by atoms with Gasteiger partial charge in [-0.2, -0.15) is 0 Å². The van der Waals surface area contributed by atoms with Crippen LogP contribution in [0.3, 0.4) is 0 Å². The molecule has 0 aliphatic rings. The maximum atomic E-state index is 2.20. The van der Waals surface area contributed by atoms with Gasteiger partial charge in [-0.05, 0) is 22.2 Å². The lowest BCUT2D eigenvalue weighted by atomic mass is 10.1. The van der Waals surface area contributed by atoms with Gasteiger partial charge in [0, 0.05) is 11.5 Å². The largest absolute Gasteiger partial charge is 0.212 e. The highest BCUT2D eigenvalue weighted by Crippen LogP contribution is 2.25. The fraction of sp³-hybridized carbons (Fsp3) is 0. The molecule has 0 saturated heterocycles. The fourth-order valence-electron chi connectivity index (χ4n) is 1.82. The van der Waals surface area contributed by atoms with Gasteiger partial charge in [0.1, 0.15) is 0 Å². The lowest BCUT2D eigenvalue weighted by Gasteiger charge is -1.99. The molecule has 0 aliphatic carbocycles. The van der Waals surface area contributed by atoms with Crippen molar-refractivity contribution < 1.29 is 0 Å². The van der Waals surface area contributed by atoms with E-state index in [2.05, 4.69) is 53.2 Å². The van der Waals surface area contributed by atoms with Crippen LogP contribution in [0.25, 0.3) is 21.5 Å². The van der Waals surface area contributed by atoms with E-state index in [0.717, 1.165) is 0 Å². The molecule has 1 heteroatoms. The van der Waals surface area contributed by atoms with Crippen molar-refractivity contribution in [2.45, 2.75) is 0 Å². The molecular formula is C13H9S+. The zero-order chi connectivity index (χ0) is 9.38. The number of benzene rings is 2. The molecular weight excluding hydrogens is 188 g/mol. The minimum Gasteiger partial charge on any atom is -0.0616 e. The van der Waals surface area contributed by atoms with E-state index < -0.39 is 0 Å². The average Bonchev–Trinajstić information content (AvgIpc) is 2.29. The summed E-state index contributed by atoms with van der Waals surface area (Å²) in [7, 11) is 0. The Morgan fingerprint density at radius 1 is 0.714 bits per heavy atom. The van der Waals surface area contributed by atoms with Crippen LogP contribution >= 0.6 is 11.3 Å². The molecule has 0 aliphatic heterocycles. The highest BCUT2D eigenvalue weighted by atomic mass is 32.1. The molecule has 1 heterocycles. The van der Waals surface area contributed by atoms with Crippen LogP contribution in [0.15, 0.2) is 53.2 Å². The van der Waals surface area contributed by atoms with Gasteiger partial charge in [-0.1, -0.05) is 30.3 Å². The Morgan fingerprint density at radius 2 is 1.50 bits per heavy atom. The van der Waals surface area contributed by atoms with Gasteiger partial charge < -0.3 is 0 Å². The molecule has 0 spiro atoms. The molecule has 0 N–H and O–H groups in total. The van der Waals surface area contributed by atoms with Crippen LogP contribution in [-0.4, -0.2) is 0 Å². The van der Waals surface area contributed by atoms with Gasteiger partial charge in [-0.15, -0.1) is 0 Å². The monoisotopic (exact) mass is 197 g/mol. The molecule has 3 rings (SSSR count). The summed E-state index contributed by atoms with van der Waals surface area (Å²) in [5.41, 5.74) is 0. The summed E-state index contributed by atoms with van der Waals surface area (Å²) in [6, 6.07) is 15.1. The summed E-state index contributed by atoms with van der Waals surface area (Å²) in [6.07, 6.45) is 0. The maximum absolute atomic E-state index is 2.20. The number of hydrogen-bond donors (Lipinski definition) is 0. The number of hydrogen-bond acceptors (Lipinski definition) is 0. The van der Waals surface area contributed by atoms with Gasteiger partial charge in [0.2, 0.25) is 16.7 Å². The third-order valence-electron chi connectivity index (χ3n) is 2.51. The van der Waals surface area contributed by atoms with E-state index >= 15 is 0 Å². The lowest BCUT2D eigenvalue weighted by molar-refractivity contribution is 1.80. The maximum Gasteiger partial charge on any atom is 0.212 e. The van der Waals surface area contributed by atoms with Crippen LogP contribution in [0, 0.1) is 0 Å². The van der Waals surface area contributed by atoms with Crippen molar-refractivity contribution in [2.75, 3.05) is 0 Å². The van der Waals surface area contributed by atoms with Crippen molar-refractivity contribution >= 4 is 32.9 Å². The quantitative estimate of drug-likeness (QED) is 0.371. The molecule has 0 saturated carbocycles. The molecule has 0 atom stereocenters. The van der Waals surface area contributed by atoms with E-state index in [1.807, 2.05) is 0 Å². The summed E-state index contributed by atoms with van der Waals surface area (Å²) in [5.74, 6) is 0. The topological polar surface area (TPSA) is 0 Å². The summed E-state index contributed by atoms with van der Waals surface area (Å²) in [4.78, 5) is 0. The second-order valence-corrected chi connectivity index (χ2v) is 4.13. The third kappa shape index (κ3) is 1.10.